The van der Waals surface area contributed by atoms with Crippen LogP contribution in [0.25, 0.3) is 0 Å². The van der Waals surface area contributed by atoms with Crippen LogP contribution in [0, 0.1) is 0 Å². The summed E-state index contributed by atoms with van der Waals surface area (Å²) in [4.78, 5) is 1.07. The van der Waals surface area contributed by atoms with Gasteiger partial charge in [0.25, 0.3) is 0 Å². The minimum Gasteiger partial charge on any atom is -1.00 e. The molecule has 0 bridgehead atoms. The van der Waals surface area contributed by atoms with E-state index in [9.17, 15) is 0 Å². The smallest absolute Gasteiger partial charge is 0.150 e. The summed E-state index contributed by atoms with van der Waals surface area (Å²) in [7, 11) is 1.66. The van der Waals surface area contributed by atoms with E-state index in [1.165, 1.54) is 0 Å². The van der Waals surface area contributed by atoms with Gasteiger partial charge in [-0.25, -0.2) is 0 Å². The standard InChI is InChI=1S/C7H8OS.ClH/c1-8-6-2-4-7(9)5-3-6;/h2-5,9H,1H3;1H. The highest BCUT2D eigenvalue weighted by Crippen LogP contribution is 2.09. The second-order valence-corrected chi connectivity index (χ2v) is 2.31. The van der Waals surface area contributed by atoms with E-state index >= 15 is 0 Å². The Morgan fingerprint density at radius 1 is 1.20 bits per heavy atom. The predicted octanol–water partition coefficient (Wildman–Crippen LogP) is -1.93. The van der Waals surface area contributed by atoms with Gasteiger partial charge in [0.05, 0.1) is 7.11 Å². The highest BCUT2D eigenvalue weighted by Gasteiger charge is 1.90. The van der Waals surface area contributed by atoms with Gasteiger partial charge in [-0.15, -0.1) is 0 Å². The van der Waals surface area contributed by atoms with Crippen LogP contribution in [0.15, 0.2) is 29.2 Å². The molecule has 0 atom stereocenters. The van der Waals surface area contributed by atoms with Crippen molar-refractivity contribution in [2.75, 3.05) is 7.11 Å². The summed E-state index contributed by atoms with van der Waals surface area (Å²) >= 11 is 3.37. The maximum Gasteiger partial charge on any atom is 0.150 e. The van der Waals surface area contributed by atoms with Gasteiger partial charge in [0, 0.05) is 0 Å². The Bertz CT molecular complexity index is 185. The van der Waals surface area contributed by atoms with Crippen molar-refractivity contribution < 1.29 is 17.1 Å². The lowest BCUT2D eigenvalue weighted by Gasteiger charge is -1.94. The minimum atomic E-state index is 0. The molecule has 0 N–H and O–H groups in total. The molecule has 0 amide bonds. The van der Waals surface area contributed by atoms with Crippen molar-refractivity contribution in [2.45, 2.75) is 4.90 Å². The number of methoxy groups -OCH3 is 1. The first kappa shape index (κ1) is 9.66. The molecule has 0 aromatic heterocycles. The number of rotatable bonds is 1. The number of halogens is 1. The largest absolute Gasteiger partial charge is 1.00 e. The Kier molecular flexibility index (Phi) is 4.32. The first-order valence-electron chi connectivity index (χ1n) is 2.68. The van der Waals surface area contributed by atoms with Gasteiger partial charge in [-0.3, -0.25) is 0 Å². The van der Waals surface area contributed by atoms with Crippen LogP contribution in [0.4, 0.5) is 0 Å². The van der Waals surface area contributed by atoms with Crippen LogP contribution in [-0.4, -0.2) is 7.11 Å². The summed E-state index contributed by atoms with van der Waals surface area (Å²) in [5, 5.41) is 0. The van der Waals surface area contributed by atoms with E-state index in [1.807, 2.05) is 24.3 Å². The molecular formula is C7H9ClOS. The van der Waals surface area contributed by atoms with Crippen molar-refractivity contribution in [2.24, 2.45) is 0 Å². The lowest BCUT2D eigenvalue weighted by atomic mass is 10.3. The summed E-state index contributed by atoms with van der Waals surface area (Å²) in [5.74, 6) is 0.886. The zero-order valence-electron chi connectivity index (χ0n) is 5.60. The Morgan fingerprint density at radius 3 is 2.10 bits per heavy atom. The molecule has 1 rings (SSSR count). The van der Waals surface area contributed by atoms with Gasteiger partial charge < -0.3 is 17.1 Å². The second kappa shape index (κ2) is 4.47. The number of hydrogen-bond donors (Lipinski definition) is 0. The highest BCUT2D eigenvalue weighted by molar-refractivity contribution is 7.58. The summed E-state index contributed by atoms with van der Waals surface area (Å²) in [5.41, 5.74) is 0. The molecular weight excluding hydrogens is 168 g/mol. The maximum atomic E-state index is 4.95. The Balaban J connectivity index is 0.000000810. The minimum absolute atomic E-state index is 0. The summed E-state index contributed by atoms with van der Waals surface area (Å²) in [6.45, 7) is 0. The van der Waals surface area contributed by atoms with Crippen LogP contribution in [0.3, 0.4) is 0 Å². The molecule has 0 aliphatic heterocycles. The molecule has 0 unspecified atom stereocenters. The van der Waals surface area contributed by atoms with Crippen molar-refractivity contribution >= 4 is 12.6 Å². The zero-order chi connectivity index (χ0) is 6.69. The fourth-order valence-corrected chi connectivity index (χ4v) is 0.758. The third-order valence-electron chi connectivity index (χ3n) is 1.09. The Morgan fingerprint density at radius 2 is 1.70 bits per heavy atom. The summed E-state index contributed by atoms with van der Waals surface area (Å²) < 4.78 is 4.95. The first-order valence-corrected chi connectivity index (χ1v) is 3.18. The average Bonchev–Trinajstić information content (AvgIpc) is 1.90. The Hall–Kier alpha value is -0.340. The van der Waals surface area contributed by atoms with E-state index in [2.05, 4.69) is 12.6 Å². The number of ether oxygens (including phenoxy) is 1. The molecule has 1 aromatic rings. The predicted molar refractivity (Wildman–Crippen MR) is 41.4 cm³/mol. The molecule has 0 radical (unpaired) electrons. The second-order valence-electron chi connectivity index (χ2n) is 1.73. The van der Waals surface area contributed by atoms with Crippen LogP contribution in [0.5, 0.6) is 5.75 Å². The molecule has 10 heavy (non-hydrogen) atoms. The molecule has 0 aliphatic rings. The third-order valence-corrected chi connectivity index (χ3v) is 1.42. The molecule has 0 fully saturated rings. The number of hydrogen-bond acceptors (Lipinski definition) is 1. The summed E-state index contributed by atoms with van der Waals surface area (Å²) in [6, 6.07) is 7.69. The lowest BCUT2D eigenvalue weighted by Crippen LogP contribution is -3.00. The Labute approximate surface area is 72.2 Å². The van der Waals surface area contributed by atoms with Crippen LogP contribution in [0.2, 0.25) is 0 Å². The van der Waals surface area contributed by atoms with Crippen molar-refractivity contribution in [3.05, 3.63) is 24.3 Å². The molecule has 0 saturated heterocycles. The normalized spacial score (nSPS) is 8.20. The topological polar surface area (TPSA) is 9.23 Å². The van der Waals surface area contributed by atoms with E-state index in [0.29, 0.717) is 0 Å². The molecule has 0 spiro atoms. The van der Waals surface area contributed by atoms with Crippen LogP contribution < -0.4 is 17.1 Å². The van der Waals surface area contributed by atoms with Crippen LogP contribution in [-0.2, 0) is 12.6 Å². The fourth-order valence-electron chi connectivity index (χ4n) is 0.591. The van der Waals surface area contributed by atoms with Gasteiger partial charge >= 0.3 is 0 Å². The van der Waals surface area contributed by atoms with E-state index in [1.54, 1.807) is 7.11 Å². The third kappa shape index (κ3) is 2.50. The van der Waals surface area contributed by atoms with Crippen molar-refractivity contribution in [3.8, 4) is 5.75 Å². The molecule has 1 nitrogen and oxygen atoms in total. The van der Waals surface area contributed by atoms with Crippen LogP contribution in [0.1, 0.15) is 0 Å². The maximum absolute atomic E-state index is 4.95. The fraction of sp³-hybridized carbons (Fsp3) is 0.143. The lowest BCUT2D eigenvalue weighted by molar-refractivity contribution is -0.00000207. The van der Waals surface area contributed by atoms with E-state index in [4.69, 9.17) is 4.74 Å². The van der Waals surface area contributed by atoms with E-state index < -0.39 is 0 Å². The van der Waals surface area contributed by atoms with Gasteiger partial charge in [-0.05, 0) is 36.9 Å². The van der Waals surface area contributed by atoms with Gasteiger partial charge in [0.15, 0.2) is 4.90 Å². The van der Waals surface area contributed by atoms with Crippen molar-refractivity contribution in [3.63, 3.8) is 0 Å². The monoisotopic (exact) mass is 176 g/mol. The zero-order valence-corrected chi connectivity index (χ0v) is 7.35. The molecule has 0 heterocycles. The average molecular weight is 177 g/mol. The number of benzene rings is 1. The van der Waals surface area contributed by atoms with Crippen LogP contribution >= 0.6 is 0 Å². The molecule has 3 heteroatoms. The van der Waals surface area contributed by atoms with Crippen molar-refractivity contribution in [1.82, 2.24) is 0 Å². The van der Waals surface area contributed by atoms with Gasteiger partial charge in [-0.1, -0.05) is 0 Å². The van der Waals surface area contributed by atoms with Gasteiger partial charge in [-0.2, -0.15) is 0 Å². The first-order chi connectivity index (χ1) is 4.33. The van der Waals surface area contributed by atoms with Gasteiger partial charge in [0.1, 0.15) is 5.75 Å². The quantitative estimate of drug-likeness (QED) is 0.453. The summed E-state index contributed by atoms with van der Waals surface area (Å²) in [6.07, 6.45) is 0. The molecule has 0 aliphatic carbocycles. The van der Waals surface area contributed by atoms with Gasteiger partial charge in [0.2, 0.25) is 0 Å². The van der Waals surface area contributed by atoms with E-state index in [0.717, 1.165) is 10.6 Å². The van der Waals surface area contributed by atoms with Crippen molar-refractivity contribution in [1.29, 1.82) is 0 Å². The van der Waals surface area contributed by atoms with E-state index in [-0.39, 0.29) is 12.4 Å². The molecule has 1 aromatic carbocycles. The SMILES string of the molecule is COc1ccc([SH2+])cc1.[Cl-]. The molecule has 0 saturated carbocycles. The highest BCUT2D eigenvalue weighted by atomic mass is 35.5. The molecule has 56 valence electrons.